The predicted molar refractivity (Wildman–Crippen MR) is 80.9 cm³/mol. The molecule has 1 fully saturated rings. The van der Waals surface area contributed by atoms with Gasteiger partial charge in [-0.15, -0.1) is 0 Å². The predicted octanol–water partition coefficient (Wildman–Crippen LogP) is 3.84. The number of nitrogens with one attached hydrogen (secondary N) is 1. The average molecular weight is 269 g/mol. The minimum Gasteiger partial charge on any atom is -0.494 e. The maximum absolute atomic E-state index is 5.58. The van der Waals surface area contributed by atoms with Crippen molar-refractivity contribution < 1.29 is 4.74 Å². The van der Waals surface area contributed by atoms with Gasteiger partial charge in [0.05, 0.1) is 25.0 Å². The van der Waals surface area contributed by atoms with E-state index in [9.17, 15) is 0 Å². The second-order valence-electron chi connectivity index (χ2n) is 5.23. The van der Waals surface area contributed by atoms with Crippen LogP contribution >= 0.6 is 0 Å². The molecule has 1 N–H and O–H groups in total. The van der Waals surface area contributed by atoms with E-state index in [2.05, 4.69) is 29.3 Å². The molecule has 0 aliphatic heterocycles. The van der Waals surface area contributed by atoms with Gasteiger partial charge in [0.1, 0.15) is 5.75 Å². The van der Waals surface area contributed by atoms with Crippen molar-refractivity contribution >= 4 is 5.69 Å². The summed E-state index contributed by atoms with van der Waals surface area (Å²) in [5, 5.41) is 7.67. The number of hydrogen-bond acceptors (Lipinski definition) is 3. The van der Waals surface area contributed by atoms with E-state index in [-0.39, 0.29) is 0 Å². The molecule has 20 heavy (non-hydrogen) atoms. The first-order valence-corrected chi connectivity index (χ1v) is 6.83. The van der Waals surface area contributed by atoms with Crippen molar-refractivity contribution in [1.82, 2.24) is 9.78 Å². The van der Waals surface area contributed by atoms with E-state index in [0.29, 0.717) is 6.04 Å². The quantitative estimate of drug-likeness (QED) is 0.896. The van der Waals surface area contributed by atoms with E-state index in [4.69, 9.17) is 4.74 Å². The molecule has 3 rings (SSSR count). The lowest BCUT2D eigenvalue weighted by Crippen LogP contribution is -1.98. The van der Waals surface area contributed by atoms with Crippen LogP contribution in [0.3, 0.4) is 0 Å². The third-order valence-corrected chi connectivity index (χ3v) is 3.40. The lowest BCUT2D eigenvalue weighted by Gasteiger charge is -2.14. The first-order chi connectivity index (χ1) is 9.69. The van der Waals surface area contributed by atoms with Crippen LogP contribution in [0.25, 0.3) is 11.1 Å². The third-order valence-electron chi connectivity index (χ3n) is 3.40. The van der Waals surface area contributed by atoms with Crippen LogP contribution in [0.4, 0.5) is 5.69 Å². The second-order valence-corrected chi connectivity index (χ2v) is 5.23. The number of hydrogen-bond donors (Lipinski definition) is 1. The number of methoxy groups -OCH3 is 1. The summed E-state index contributed by atoms with van der Waals surface area (Å²) in [6, 6.07) is 6.64. The van der Waals surface area contributed by atoms with E-state index in [1.807, 2.05) is 29.9 Å². The molecule has 0 unspecified atom stereocenters. The SMILES string of the molecule is C=C(C)Nc1cccc(-c2cnn(C3CC3)c2)c1OC. The highest BCUT2D eigenvalue weighted by atomic mass is 16.5. The Bertz CT molecular complexity index is 641. The van der Waals surface area contributed by atoms with Crippen LogP contribution in [0.15, 0.2) is 42.9 Å². The largest absolute Gasteiger partial charge is 0.494 e. The van der Waals surface area contributed by atoms with Crippen molar-refractivity contribution in [3.63, 3.8) is 0 Å². The summed E-state index contributed by atoms with van der Waals surface area (Å²) in [5.41, 5.74) is 3.94. The summed E-state index contributed by atoms with van der Waals surface area (Å²) in [4.78, 5) is 0. The topological polar surface area (TPSA) is 39.1 Å². The summed E-state index contributed by atoms with van der Waals surface area (Å²) in [7, 11) is 1.69. The smallest absolute Gasteiger partial charge is 0.150 e. The first kappa shape index (κ1) is 12.8. The molecule has 0 atom stereocenters. The van der Waals surface area contributed by atoms with E-state index in [1.165, 1.54) is 12.8 Å². The van der Waals surface area contributed by atoms with Crippen molar-refractivity contribution in [1.29, 1.82) is 0 Å². The fraction of sp³-hybridized carbons (Fsp3) is 0.312. The molecule has 1 aliphatic rings. The highest BCUT2D eigenvalue weighted by Crippen LogP contribution is 2.39. The fourth-order valence-electron chi connectivity index (χ4n) is 2.33. The number of benzene rings is 1. The Balaban J connectivity index is 2.00. The molecule has 0 saturated heterocycles. The maximum atomic E-state index is 5.58. The normalized spacial score (nSPS) is 14.1. The van der Waals surface area contributed by atoms with Gasteiger partial charge < -0.3 is 10.1 Å². The number of aromatic nitrogens is 2. The molecule has 1 heterocycles. The van der Waals surface area contributed by atoms with Crippen LogP contribution in [0.1, 0.15) is 25.8 Å². The van der Waals surface area contributed by atoms with Gasteiger partial charge in [0.15, 0.2) is 0 Å². The Hall–Kier alpha value is -2.23. The van der Waals surface area contributed by atoms with Gasteiger partial charge in [0, 0.05) is 23.0 Å². The van der Waals surface area contributed by atoms with Gasteiger partial charge in [-0.3, -0.25) is 4.68 Å². The third kappa shape index (κ3) is 2.41. The zero-order valence-corrected chi connectivity index (χ0v) is 11.9. The summed E-state index contributed by atoms with van der Waals surface area (Å²) in [5.74, 6) is 0.825. The molecule has 4 nitrogen and oxygen atoms in total. The Morgan fingerprint density at radius 1 is 1.45 bits per heavy atom. The number of anilines is 1. The molecule has 1 aliphatic carbocycles. The fourth-order valence-corrected chi connectivity index (χ4v) is 2.33. The van der Waals surface area contributed by atoms with Crippen LogP contribution < -0.4 is 10.1 Å². The molecule has 0 radical (unpaired) electrons. The van der Waals surface area contributed by atoms with Crippen molar-refractivity contribution in [3.8, 4) is 16.9 Å². The molecule has 0 spiro atoms. The molecule has 0 bridgehead atoms. The van der Waals surface area contributed by atoms with Gasteiger partial charge >= 0.3 is 0 Å². The maximum Gasteiger partial charge on any atom is 0.150 e. The van der Waals surface area contributed by atoms with Gasteiger partial charge in [0.25, 0.3) is 0 Å². The van der Waals surface area contributed by atoms with E-state index >= 15 is 0 Å². The molecule has 1 aromatic heterocycles. The van der Waals surface area contributed by atoms with Crippen molar-refractivity contribution in [2.45, 2.75) is 25.8 Å². The molecule has 2 aromatic rings. The van der Waals surface area contributed by atoms with E-state index < -0.39 is 0 Å². The number of ether oxygens (including phenoxy) is 1. The Morgan fingerprint density at radius 2 is 2.25 bits per heavy atom. The summed E-state index contributed by atoms with van der Waals surface area (Å²) < 4.78 is 7.63. The van der Waals surface area contributed by atoms with Crippen LogP contribution in [0.2, 0.25) is 0 Å². The molecule has 0 amide bonds. The van der Waals surface area contributed by atoms with E-state index in [1.54, 1.807) is 7.11 Å². The number of para-hydroxylation sites is 1. The first-order valence-electron chi connectivity index (χ1n) is 6.83. The molecule has 4 heteroatoms. The zero-order valence-electron chi connectivity index (χ0n) is 11.9. The number of nitrogens with zero attached hydrogens (tertiary/aromatic N) is 2. The monoisotopic (exact) mass is 269 g/mol. The molecular weight excluding hydrogens is 250 g/mol. The van der Waals surface area contributed by atoms with Gasteiger partial charge in [-0.2, -0.15) is 5.10 Å². The van der Waals surface area contributed by atoms with Crippen molar-refractivity contribution in [2.24, 2.45) is 0 Å². The Morgan fingerprint density at radius 3 is 2.90 bits per heavy atom. The van der Waals surface area contributed by atoms with Crippen molar-refractivity contribution in [3.05, 3.63) is 42.9 Å². The van der Waals surface area contributed by atoms with E-state index in [0.717, 1.165) is 28.3 Å². The zero-order chi connectivity index (χ0) is 14.1. The summed E-state index contributed by atoms with van der Waals surface area (Å²) in [6.07, 6.45) is 6.46. The number of rotatable bonds is 5. The molecule has 104 valence electrons. The Kier molecular flexibility index (Phi) is 3.22. The summed E-state index contributed by atoms with van der Waals surface area (Å²) in [6.45, 7) is 5.81. The lowest BCUT2D eigenvalue weighted by atomic mass is 10.1. The van der Waals surface area contributed by atoms with Crippen molar-refractivity contribution in [2.75, 3.05) is 12.4 Å². The highest BCUT2D eigenvalue weighted by Gasteiger charge is 2.24. The van der Waals surface area contributed by atoms with Gasteiger partial charge in [-0.25, -0.2) is 0 Å². The number of allylic oxidation sites excluding steroid dienone is 1. The standard InChI is InChI=1S/C16H19N3O/c1-11(2)18-15-6-4-5-14(16(15)20-3)12-9-17-19(10-12)13-7-8-13/h4-6,9-10,13,18H,1,7-8H2,2-3H3. The molecule has 1 saturated carbocycles. The average Bonchev–Trinajstić information content (AvgIpc) is 3.16. The minimum atomic E-state index is 0.589. The van der Waals surface area contributed by atoms with Crippen LogP contribution in [-0.4, -0.2) is 16.9 Å². The minimum absolute atomic E-state index is 0.589. The lowest BCUT2D eigenvalue weighted by molar-refractivity contribution is 0.418. The van der Waals surface area contributed by atoms with Crippen LogP contribution in [0, 0.1) is 0 Å². The Labute approximate surface area is 119 Å². The highest BCUT2D eigenvalue weighted by molar-refractivity contribution is 5.78. The molecular formula is C16H19N3O. The van der Waals surface area contributed by atoms with Crippen LogP contribution in [-0.2, 0) is 0 Å². The van der Waals surface area contributed by atoms with Gasteiger partial charge in [-0.1, -0.05) is 18.7 Å². The van der Waals surface area contributed by atoms with Gasteiger partial charge in [0.2, 0.25) is 0 Å². The summed E-state index contributed by atoms with van der Waals surface area (Å²) >= 11 is 0. The molecule has 1 aromatic carbocycles. The van der Waals surface area contributed by atoms with Crippen LogP contribution in [0.5, 0.6) is 5.75 Å². The van der Waals surface area contributed by atoms with Gasteiger partial charge in [-0.05, 0) is 25.8 Å². The second kappa shape index (κ2) is 5.04.